The van der Waals surface area contributed by atoms with E-state index in [1.165, 1.54) is 33.8 Å². The van der Waals surface area contributed by atoms with E-state index < -0.39 is 5.97 Å². The largest absolute Gasteiger partial charge is 0.478 e. The van der Waals surface area contributed by atoms with E-state index in [-0.39, 0.29) is 11.1 Å². The fourth-order valence-electron chi connectivity index (χ4n) is 4.65. The smallest absolute Gasteiger partial charge is 0.338 e. The van der Waals surface area contributed by atoms with Gasteiger partial charge < -0.3 is 20.1 Å². The lowest BCUT2D eigenvalue weighted by atomic mass is 9.91. The van der Waals surface area contributed by atoms with Gasteiger partial charge in [-0.1, -0.05) is 30.4 Å². The van der Waals surface area contributed by atoms with Crippen LogP contribution in [0.15, 0.2) is 30.6 Å². The van der Waals surface area contributed by atoms with Crippen molar-refractivity contribution in [1.82, 2.24) is 25.1 Å². The minimum absolute atomic E-state index is 0.0954. The molecule has 1 aromatic carbocycles. The number of nitrogens with one attached hydrogen (secondary N) is 1. The second kappa shape index (κ2) is 9.24. The maximum Gasteiger partial charge on any atom is 0.338 e. The van der Waals surface area contributed by atoms with Crippen molar-refractivity contribution in [2.45, 2.75) is 39.3 Å². The second-order valence-corrected chi connectivity index (χ2v) is 9.42. The lowest BCUT2D eigenvalue weighted by Gasteiger charge is -2.32. The van der Waals surface area contributed by atoms with E-state index in [9.17, 15) is 9.90 Å². The maximum absolute atomic E-state index is 11.3. The molecule has 0 amide bonds. The van der Waals surface area contributed by atoms with Gasteiger partial charge in [0, 0.05) is 36.6 Å². The van der Waals surface area contributed by atoms with Gasteiger partial charge in [0.25, 0.3) is 5.95 Å². The first-order valence-electron chi connectivity index (χ1n) is 11.9. The summed E-state index contributed by atoms with van der Waals surface area (Å²) in [7, 11) is 0. The number of carboxylic acid groups (broad SMARTS) is 1. The van der Waals surface area contributed by atoms with E-state index in [1.54, 1.807) is 0 Å². The molecule has 1 atom stereocenters. The number of morpholine rings is 1. The zero-order valence-electron chi connectivity index (χ0n) is 20.3. The van der Waals surface area contributed by atoms with Crippen LogP contribution in [0.2, 0.25) is 0 Å². The van der Waals surface area contributed by atoms with Crippen LogP contribution in [0.1, 0.15) is 40.4 Å². The minimum Gasteiger partial charge on any atom is -0.478 e. The molecule has 1 aliphatic heterocycles. The quantitative estimate of drug-likeness (QED) is 0.551. The number of carboxylic acids is 1. The third-order valence-electron chi connectivity index (χ3n) is 6.78. The van der Waals surface area contributed by atoms with Crippen LogP contribution in [0.4, 0.5) is 5.82 Å². The highest BCUT2D eigenvalue weighted by Gasteiger charge is 2.26. The number of fused-ring (bicyclic) bond motifs is 1. The first kappa shape index (κ1) is 23.2. The number of aromatic carboxylic acids is 1. The number of benzene rings is 1. The average molecular weight is 475 g/mol. The van der Waals surface area contributed by atoms with Gasteiger partial charge in [0.1, 0.15) is 5.82 Å². The van der Waals surface area contributed by atoms with Gasteiger partial charge in [-0.25, -0.2) is 14.5 Å². The molecule has 1 fully saturated rings. The van der Waals surface area contributed by atoms with Crippen molar-refractivity contribution in [2.24, 2.45) is 0 Å². The predicted octanol–water partition coefficient (Wildman–Crippen LogP) is 1.33. The van der Waals surface area contributed by atoms with Crippen LogP contribution in [-0.4, -0.2) is 62.7 Å². The summed E-state index contributed by atoms with van der Waals surface area (Å²) in [6, 6.07) is 6.39. The summed E-state index contributed by atoms with van der Waals surface area (Å²) in [5, 5.41) is 19.0. The molecule has 9 heteroatoms. The number of hydrogen-bond acceptors (Lipinski definition) is 7. The molecule has 2 aromatic heterocycles. The summed E-state index contributed by atoms with van der Waals surface area (Å²) < 4.78 is 6.99. The molecular weight excluding hydrogens is 444 g/mol. The summed E-state index contributed by atoms with van der Waals surface area (Å²) in [4.78, 5) is 23.1. The zero-order valence-corrected chi connectivity index (χ0v) is 20.3. The molecule has 9 nitrogen and oxygen atoms in total. The maximum atomic E-state index is 11.3. The van der Waals surface area contributed by atoms with E-state index in [0.717, 1.165) is 42.4 Å². The van der Waals surface area contributed by atoms with Crippen LogP contribution in [0.5, 0.6) is 0 Å². The van der Waals surface area contributed by atoms with Crippen molar-refractivity contribution in [3.05, 3.63) is 63.4 Å². The molecule has 3 heterocycles. The Morgan fingerprint density at radius 2 is 1.94 bits per heavy atom. The second-order valence-electron chi connectivity index (χ2n) is 9.42. The Hall–Kier alpha value is -3.56. The molecule has 1 aliphatic carbocycles. The number of aryl methyl sites for hydroxylation is 2. The molecule has 1 unspecified atom stereocenters. The molecular formula is C26H30N6O3. The summed E-state index contributed by atoms with van der Waals surface area (Å²) in [6.45, 7) is 9.97. The van der Waals surface area contributed by atoms with Crippen molar-refractivity contribution in [3.8, 4) is 5.95 Å². The molecule has 3 aromatic rings. The Kier molecular flexibility index (Phi) is 6.12. The zero-order chi connectivity index (χ0) is 24.6. The molecule has 2 aliphatic rings. The number of anilines is 1. The third kappa shape index (κ3) is 4.69. The first-order chi connectivity index (χ1) is 16.8. The van der Waals surface area contributed by atoms with E-state index in [4.69, 9.17) is 14.7 Å². The van der Waals surface area contributed by atoms with Gasteiger partial charge in [0.2, 0.25) is 0 Å². The number of hydrogen-bond donors (Lipinski definition) is 2. The van der Waals surface area contributed by atoms with E-state index in [2.05, 4.69) is 66.4 Å². The Morgan fingerprint density at radius 3 is 2.63 bits per heavy atom. The van der Waals surface area contributed by atoms with Crippen molar-refractivity contribution >= 4 is 23.9 Å². The lowest BCUT2D eigenvalue weighted by molar-refractivity contribution is 0.0697. The normalized spacial score (nSPS) is 19.6. The van der Waals surface area contributed by atoms with Crippen molar-refractivity contribution in [2.75, 3.05) is 31.2 Å². The van der Waals surface area contributed by atoms with E-state index in [1.807, 2.05) is 0 Å². The molecule has 182 valence electrons. The van der Waals surface area contributed by atoms with Crippen LogP contribution < -0.4 is 20.8 Å². The van der Waals surface area contributed by atoms with Gasteiger partial charge in [-0.05, 0) is 43.9 Å². The summed E-state index contributed by atoms with van der Waals surface area (Å²) in [6.07, 6.45) is 7.88. The molecule has 0 spiro atoms. The topological polar surface area (TPSA) is 105 Å². The van der Waals surface area contributed by atoms with Crippen LogP contribution in [0.3, 0.4) is 0 Å². The molecule has 35 heavy (non-hydrogen) atoms. The first-order valence-corrected chi connectivity index (χ1v) is 11.9. The summed E-state index contributed by atoms with van der Waals surface area (Å²) in [5.74, 6) is 0.138. The van der Waals surface area contributed by atoms with Gasteiger partial charge in [-0.2, -0.15) is 10.1 Å². The Labute approximate surface area is 203 Å². The molecule has 0 saturated carbocycles. The third-order valence-corrected chi connectivity index (χ3v) is 6.78. The van der Waals surface area contributed by atoms with Crippen LogP contribution in [0, 0.1) is 13.8 Å². The fourth-order valence-corrected chi connectivity index (χ4v) is 4.65. The van der Waals surface area contributed by atoms with Gasteiger partial charge in [0.05, 0.1) is 30.3 Å². The number of aromatic nitrogens is 4. The molecule has 1 saturated heterocycles. The van der Waals surface area contributed by atoms with Gasteiger partial charge in [-0.15, -0.1) is 0 Å². The SMILES string of the molecule is Cc1cccc(C)c1CNC1(C)C=c2c(N3CCOCC3)nc(-n3cc(C(=O)O)cn3)nc2=CC1. The van der Waals surface area contributed by atoms with Crippen LogP contribution >= 0.6 is 0 Å². The lowest BCUT2D eigenvalue weighted by Crippen LogP contribution is -2.50. The van der Waals surface area contributed by atoms with Crippen molar-refractivity contribution < 1.29 is 14.6 Å². The average Bonchev–Trinajstić information content (AvgIpc) is 3.35. The minimum atomic E-state index is -1.03. The molecule has 2 N–H and O–H groups in total. The fraction of sp³-hybridized carbons (Fsp3) is 0.385. The van der Waals surface area contributed by atoms with E-state index >= 15 is 0 Å². The van der Waals surface area contributed by atoms with Crippen LogP contribution in [0.25, 0.3) is 18.1 Å². The van der Waals surface area contributed by atoms with Crippen LogP contribution in [-0.2, 0) is 11.3 Å². The monoisotopic (exact) mass is 474 g/mol. The number of nitrogens with zero attached hydrogens (tertiary/aromatic N) is 5. The molecule has 0 radical (unpaired) electrons. The number of carbonyl (C=O) groups is 1. The molecule has 0 bridgehead atoms. The Morgan fingerprint density at radius 1 is 1.20 bits per heavy atom. The predicted molar refractivity (Wildman–Crippen MR) is 133 cm³/mol. The highest BCUT2D eigenvalue weighted by atomic mass is 16.5. The Balaban J connectivity index is 1.55. The highest BCUT2D eigenvalue weighted by Crippen LogP contribution is 2.20. The standard InChI is InChI=1S/C26H30N6O3/c1-17-5-4-6-18(2)21(17)15-27-26(3)8-7-22-20(13-26)23(31-9-11-35-12-10-31)30-25(29-22)32-16-19(14-28-32)24(33)34/h4-7,13-14,16,27H,8-12,15H2,1-3H3,(H,33,34). The summed E-state index contributed by atoms with van der Waals surface area (Å²) in [5.41, 5.74) is 3.71. The number of rotatable bonds is 6. The molecule has 5 rings (SSSR count). The summed E-state index contributed by atoms with van der Waals surface area (Å²) >= 11 is 0. The van der Waals surface area contributed by atoms with Gasteiger partial charge >= 0.3 is 5.97 Å². The van der Waals surface area contributed by atoms with Gasteiger partial charge in [-0.3, -0.25) is 0 Å². The van der Waals surface area contributed by atoms with Gasteiger partial charge in [0.15, 0.2) is 0 Å². The Bertz CT molecular complexity index is 1370. The van der Waals surface area contributed by atoms with Crippen molar-refractivity contribution in [1.29, 1.82) is 0 Å². The van der Waals surface area contributed by atoms with E-state index in [0.29, 0.717) is 19.2 Å². The number of ether oxygens (including phenoxy) is 1. The van der Waals surface area contributed by atoms with Crippen molar-refractivity contribution in [3.63, 3.8) is 0 Å². The highest BCUT2D eigenvalue weighted by molar-refractivity contribution is 5.86.